The van der Waals surface area contributed by atoms with Crippen LogP contribution in [0.4, 0.5) is 0 Å². The first-order chi connectivity index (χ1) is 17.1. The molecule has 0 saturated carbocycles. The van der Waals surface area contributed by atoms with Gasteiger partial charge >= 0.3 is 0 Å². The minimum absolute atomic E-state index is 0.0935. The Labute approximate surface area is 204 Å². The summed E-state index contributed by atoms with van der Waals surface area (Å²) >= 11 is 0. The minimum atomic E-state index is -0.177. The van der Waals surface area contributed by atoms with Crippen molar-refractivity contribution in [3.8, 4) is 0 Å². The van der Waals surface area contributed by atoms with E-state index in [2.05, 4.69) is 24.2 Å². The summed E-state index contributed by atoms with van der Waals surface area (Å²) in [7, 11) is 0. The van der Waals surface area contributed by atoms with Gasteiger partial charge in [-0.15, -0.1) is 0 Å². The molecule has 2 aromatic heterocycles. The summed E-state index contributed by atoms with van der Waals surface area (Å²) in [6.07, 6.45) is 3.13. The molecule has 9 nitrogen and oxygen atoms in total. The Morgan fingerprint density at radius 3 is 2.57 bits per heavy atom. The maximum absolute atomic E-state index is 13.4. The third-order valence-corrected chi connectivity index (χ3v) is 6.65. The quantitative estimate of drug-likeness (QED) is 0.520. The Balaban J connectivity index is 1.40. The van der Waals surface area contributed by atoms with Gasteiger partial charge in [0.2, 0.25) is 0 Å². The standard InChI is InChI=1S/C26H31N5O4/c1-2-6-20-17-22(28-35-20)25(32)30-11-10-23-21(18-30)24(26(33)29-13-15-34-16-14-29)27-31(23)12-9-19-7-4-3-5-8-19/h3-5,7-8,17H,2,6,9-16,18H2,1H3. The van der Waals surface area contributed by atoms with Gasteiger partial charge in [0, 0.05) is 56.3 Å². The van der Waals surface area contributed by atoms with E-state index in [1.54, 1.807) is 15.9 Å². The molecule has 0 aliphatic carbocycles. The third-order valence-electron chi connectivity index (χ3n) is 6.65. The van der Waals surface area contributed by atoms with Crippen LogP contribution in [0.25, 0.3) is 0 Å². The lowest BCUT2D eigenvalue weighted by atomic mass is 10.0. The lowest BCUT2D eigenvalue weighted by Crippen LogP contribution is -2.42. The number of hydrogen-bond acceptors (Lipinski definition) is 6. The second-order valence-electron chi connectivity index (χ2n) is 9.04. The molecule has 2 amide bonds. The second kappa shape index (κ2) is 10.4. The van der Waals surface area contributed by atoms with Crippen LogP contribution in [0.2, 0.25) is 0 Å². The number of aromatic nitrogens is 3. The largest absolute Gasteiger partial charge is 0.378 e. The van der Waals surface area contributed by atoms with E-state index in [4.69, 9.17) is 14.4 Å². The van der Waals surface area contributed by atoms with Crippen molar-refractivity contribution in [3.05, 3.63) is 70.4 Å². The maximum Gasteiger partial charge on any atom is 0.276 e. The zero-order valence-corrected chi connectivity index (χ0v) is 20.1. The van der Waals surface area contributed by atoms with Crippen molar-refractivity contribution < 1.29 is 18.8 Å². The van der Waals surface area contributed by atoms with Crippen LogP contribution in [0, 0.1) is 0 Å². The molecule has 2 aliphatic heterocycles. The maximum atomic E-state index is 13.4. The van der Waals surface area contributed by atoms with Crippen LogP contribution in [-0.2, 0) is 37.1 Å². The van der Waals surface area contributed by atoms with Crippen molar-refractivity contribution in [1.82, 2.24) is 24.7 Å². The summed E-state index contributed by atoms with van der Waals surface area (Å²) in [6, 6.07) is 12.0. The third kappa shape index (κ3) is 5.00. The fourth-order valence-electron chi connectivity index (χ4n) is 4.76. The average Bonchev–Trinajstić information content (AvgIpc) is 3.52. The number of ether oxygens (including phenoxy) is 1. The topological polar surface area (TPSA) is 93.7 Å². The number of carbonyl (C=O) groups excluding carboxylic acids is 2. The number of amides is 2. The van der Waals surface area contributed by atoms with Crippen molar-refractivity contribution in [3.63, 3.8) is 0 Å². The Morgan fingerprint density at radius 2 is 1.80 bits per heavy atom. The molecule has 4 heterocycles. The van der Waals surface area contributed by atoms with Gasteiger partial charge < -0.3 is 19.1 Å². The summed E-state index contributed by atoms with van der Waals surface area (Å²) in [6.45, 7) is 5.77. The van der Waals surface area contributed by atoms with Crippen LogP contribution >= 0.6 is 0 Å². The van der Waals surface area contributed by atoms with Crippen LogP contribution in [0.5, 0.6) is 0 Å². The number of rotatable bonds is 7. The van der Waals surface area contributed by atoms with E-state index < -0.39 is 0 Å². The van der Waals surface area contributed by atoms with Gasteiger partial charge in [0.15, 0.2) is 11.4 Å². The number of benzene rings is 1. The van der Waals surface area contributed by atoms with E-state index in [0.29, 0.717) is 69.5 Å². The number of morpholine rings is 1. The fourth-order valence-corrected chi connectivity index (χ4v) is 4.76. The van der Waals surface area contributed by atoms with E-state index in [9.17, 15) is 9.59 Å². The molecule has 9 heteroatoms. The molecular weight excluding hydrogens is 446 g/mol. The molecule has 3 aromatic rings. The van der Waals surface area contributed by atoms with Gasteiger partial charge in [-0.1, -0.05) is 42.4 Å². The monoisotopic (exact) mass is 477 g/mol. The molecular formula is C26H31N5O4. The molecule has 0 radical (unpaired) electrons. The highest BCUT2D eigenvalue weighted by atomic mass is 16.5. The predicted octanol–water partition coefficient (Wildman–Crippen LogP) is 2.74. The van der Waals surface area contributed by atoms with E-state index >= 15 is 0 Å². The van der Waals surface area contributed by atoms with E-state index in [-0.39, 0.29) is 11.8 Å². The Kier molecular flexibility index (Phi) is 6.94. The summed E-state index contributed by atoms with van der Waals surface area (Å²) in [5.41, 5.74) is 3.85. The normalized spacial score (nSPS) is 15.8. The SMILES string of the molecule is CCCc1cc(C(=O)N2CCc3c(c(C(=O)N4CCOCC4)nn3CCc3ccccc3)C2)no1. The van der Waals surface area contributed by atoms with Gasteiger partial charge in [-0.25, -0.2) is 0 Å². The molecule has 184 valence electrons. The molecule has 0 N–H and O–H groups in total. The van der Waals surface area contributed by atoms with Crippen LogP contribution in [0.1, 0.15) is 56.9 Å². The van der Waals surface area contributed by atoms with E-state index in [1.807, 2.05) is 22.9 Å². The highest BCUT2D eigenvalue weighted by Crippen LogP contribution is 2.26. The molecule has 1 saturated heterocycles. The van der Waals surface area contributed by atoms with Gasteiger partial charge in [0.25, 0.3) is 11.8 Å². The predicted molar refractivity (Wildman–Crippen MR) is 128 cm³/mol. The number of hydrogen-bond donors (Lipinski definition) is 0. The van der Waals surface area contributed by atoms with E-state index in [0.717, 1.165) is 30.5 Å². The molecule has 0 spiro atoms. The van der Waals surface area contributed by atoms with Crippen LogP contribution in [0.15, 0.2) is 40.9 Å². The molecule has 0 bridgehead atoms. The lowest BCUT2D eigenvalue weighted by molar-refractivity contribution is 0.0296. The van der Waals surface area contributed by atoms with Crippen molar-refractivity contribution in [2.24, 2.45) is 0 Å². The van der Waals surface area contributed by atoms with Gasteiger partial charge in [-0.3, -0.25) is 14.3 Å². The van der Waals surface area contributed by atoms with Gasteiger partial charge in [0.1, 0.15) is 5.76 Å². The van der Waals surface area contributed by atoms with Crippen molar-refractivity contribution >= 4 is 11.8 Å². The van der Waals surface area contributed by atoms with Crippen LogP contribution in [-0.4, -0.2) is 69.4 Å². The van der Waals surface area contributed by atoms with Gasteiger partial charge in [0.05, 0.1) is 19.8 Å². The molecule has 1 fully saturated rings. The number of aryl methyl sites for hydroxylation is 3. The number of nitrogens with zero attached hydrogens (tertiary/aromatic N) is 5. The summed E-state index contributed by atoms with van der Waals surface area (Å²) in [4.78, 5) is 30.2. The number of carbonyl (C=O) groups is 2. The summed E-state index contributed by atoms with van der Waals surface area (Å²) in [5, 5.41) is 8.78. The zero-order chi connectivity index (χ0) is 24.2. The lowest BCUT2D eigenvalue weighted by Gasteiger charge is -2.29. The fraction of sp³-hybridized carbons (Fsp3) is 0.462. The first-order valence-corrected chi connectivity index (χ1v) is 12.4. The van der Waals surface area contributed by atoms with Crippen molar-refractivity contribution in [2.75, 3.05) is 32.8 Å². The molecule has 1 aromatic carbocycles. The first-order valence-electron chi connectivity index (χ1n) is 12.4. The van der Waals surface area contributed by atoms with E-state index in [1.165, 1.54) is 5.56 Å². The highest BCUT2D eigenvalue weighted by molar-refractivity contribution is 5.95. The Hall–Kier alpha value is -3.46. The summed E-state index contributed by atoms with van der Waals surface area (Å²) in [5.74, 6) is 0.443. The molecule has 2 aliphatic rings. The molecule has 0 atom stereocenters. The van der Waals surface area contributed by atoms with Gasteiger partial charge in [-0.2, -0.15) is 5.10 Å². The Morgan fingerprint density at radius 1 is 1.00 bits per heavy atom. The Bertz CT molecular complexity index is 1180. The number of fused-ring (bicyclic) bond motifs is 1. The molecule has 0 unspecified atom stereocenters. The zero-order valence-electron chi connectivity index (χ0n) is 20.1. The van der Waals surface area contributed by atoms with Crippen LogP contribution in [0.3, 0.4) is 0 Å². The smallest absolute Gasteiger partial charge is 0.276 e. The van der Waals surface area contributed by atoms with Gasteiger partial charge in [-0.05, 0) is 18.4 Å². The first kappa shape index (κ1) is 23.3. The molecule has 35 heavy (non-hydrogen) atoms. The summed E-state index contributed by atoms with van der Waals surface area (Å²) < 4.78 is 12.7. The minimum Gasteiger partial charge on any atom is -0.378 e. The van der Waals surface area contributed by atoms with Crippen molar-refractivity contribution in [2.45, 2.75) is 45.7 Å². The van der Waals surface area contributed by atoms with Crippen LogP contribution < -0.4 is 0 Å². The highest BCUT2D eigenvalue weighted by Gasteiger charge is 2.33. The second-order valence-corrected chi connectivity index (χ2v) is 9.04. The van der Waals surface area contributed by atoms with Crippen molar-refractivity contribution in [1.29, 1.82) is 0 Å². The average molecular weight is 478 g/mol. The molecule has 5 rings (SSSR count).